The van der Waals surface area contributed by atoms with Crippen molar-refractivity contribution >= 4 is 5.91 Å². The first-order valence-electron chi connectivity index (χ1n) is 7.90. The molecule has 1 aromatic carbocycles. The SMILES string of the molecule is Cc1cccc(-c2nc(C3CC(=O)N(Cc4ccco4)C3)no2)c1. The number of benzene rings is 1. The maximum Gasteiger partial charge on any atom is 0.257 e. The molecule has 1 aliphatic rings. The van der Waals surface area contributed by atoms with Crippen molar-refractivity contribution in [2.45, 2.75) is 25.8 Å². The van der Waals surface area contributed by atoms with Crippen molar-refractivity contribution in [1.29, 1.82) is 0 Å². The van der Waals surface area contributed by atoms with Gasteiger partial charge in [-0.1, -0.05) is 22.9 Å². The van der Waals surface area contributed by atoms with E-state index in [4.69, 9.17) is 8.94 Å². The minimum atomic E-state index is -0.0465. The van der Waals surface area contributed by atoms with Gasteiger partial charge in [0.1, 0.15) is 5.76 Å². The quantitative estimate of drug-likeness (QED) is 0.737. The van der Waals surface area contributed by atoms with Crippen molar-refractivity contribution < 1.29 is 13.7 Å². The van der Waals surface area contributed by atoms with Gasteiger partial charge in [0.25, 0.3) is 5.89 Å². The van der Waals surface area contributed by atoms with Crippen LogP contribution in [0.5, 0.6) is 0 Å². The number of aryl methyl sites for hydroxylation is 1. The average molecular weight is 323 g/mol. The van der Waals surface area contributed by atoms with Gasteiger partial charge in [0.05, 0.1) is 12.8 Å². The molecule has 1 aliphatic heterocycles. The molecule has 1 unspecified atom stereocenters. The van der Waals surface area contributed by atoms with Crippen LogP contribution in [0.2, 0.25) is 0 Å². The van der Waals surface area contributed by atoms with Gasteiger partial charge >= 0.3 is 0 Å². The molecule has 2 aromatic heterocycles. The maximum atomic E-state index is 12.2. The first kappa shape index (κ1) is 14.7. The number of rotatable bonds is 4. The number of carbonyl (C=O) groups is 1. The zero-order valence-corrected chi connectivity index (χ0v) is 13.3. The number of aromatic nitrogens is 2. The predicted molar refractivity (Wildman–Crippen MR) is 86.0 cm³/mol. The van der Waals surface area contributed by atoms with E-state index in [0.29, 0.717) is 31.2 Å². The molecule has 0 radical (unpaired) electrons. The summed E-state index contributed by atoms with van der Waals surface area (Å²) in [6.07, 6.45) is 2.01. The summed E-state index contributed by atoms with van der Waals surface area (Å²) >= 11 is 0. The minimum absolute atomic E-state index is 0.0465. The summed E-state index contributed by atoms with van der Waals surface area (Å²) in [7, 11) is 0. The molecule has 1 saturated heterocycles. The lowest BCUT2D eigenvalue weighted by molar-refractivity contribution is -0.128. The van der Waals surface area contributed by atoms with Crippen LogP contribution in [0, 0.1) is 6.92 Å². The maximum absolute atomic E-state index is 12.2. The monoisotopic (exact) mass is 323 g/mol. The molecule has 122 valence electrons. The predicted octanol–water partition coefficient (Wildman–Crippen LogP) is 3.15. The van der Waals surface area contributed by atoms with E-state index in [2.05, 4.69) is 10.1 Å². The van der Waals surface area contributed by atoms with Crippen LogP contribution in [0.1, 0.15) is 29.5 Å². The molecule has 0 bridgehead atoms. The molecule has 1 amide bonds. The number of carbonyl (C=O) groups excluding carboxylic acids is 1. The Morgan fingerprint density at radius 3 is 3.00 bits per heavy atom. The van der Waals surface area contributed by atoms with Gasteiger partial charge < -0.3 is 13.8 Å². The van der Waals surface area contributed by atoms with Gasteiger partial charge in [0.15, 0.2) is 5.82 Å². The first-order valence-corrected chi connectivity index (χ1v) is 7.90. The highest BCUT2D eigenvalue weighted by atomic mass is 16.5. The lowest BCUT2D eigenvalue weighted by Gasteiger charge is -2.13. The van der Waals surface area contributed by atoms with Crippen molar-refractivity contribution in [2.75, 3.05) is 6.54 Å². The lowest BCUT2D eigenvalue weighted by atomic mass is 10.1. The molecule has 6 heteroatoms. The number of likely N-dealkylation sites (tertiary alicyclic amines) is 1. The minimum Gasteiger partial charge on any atom is -0.467 e. The van der Waals surface area contributed by atoms with Crippen molar-refractivity contribution in [3.05, 3.63) is 59.8 Å². The van der Waals surface area contributed by atoms with E-state index in [1.807, 2.05) is 43.3 Å². The van der Waals surface area contributed by atoms with Crippen LogP contribution in [0.25, 0.3) is 11.5 Å². The highest BCUT2D eigenvalue weighted by Crippen LogP contribution is 2.29. The van der Waals surface area contributed by atoms with E-state index < -0.39 is 0 Å². The van der Waals surface area contributed by atoms with Crippen LogP contribution in [0.3, 0.4) is 0 Å². The van der Waals surface area contributed by atoms with E-state index in [1.54, 1.807) is 11.2 Å². The smallest absolute Gasteiger partial charge is 0.257 e. The second-order valence-corrected chi connectivity index (χ2v) is 6.08. The van der Waals surface area contributed by atoms with Crippen LogP contribution in [-0.4, -0.2) is 27.5 Å². The van der Waals surface area contributed by atoms with Gasteiger partial charge in [-0.25, -0.2) is 0 Å². The molecular formula is C18H17N3O3. The Morgan fingerprint density at radius 2 is 2.21 bits per heavy atom. The van der Waals surface area contributed by atoms with Crippen LogP contribution >= 0.6 is 0 Å². The van der Waals surface area contributed by atoms with Gasteiger partial charge in [0.2, 0.25) is 5.91 Å². The highest BCUT2D eigenvalue weighted by Gasteiger charge is 2.34. The Morgan fingerprint density at radius 1 is 1.29 bits per heavy atom. The lowest BCUT2D eigenvalue weighted by Crippen LogP contribution is -2.24. The molecule has 6 nitrogen and oxygen atoms in total. The summed E-state index contributed by atoms with van der Waals surface area (Å²) in [6.45, 7) is 3.07. The van der Waals surface area contributed by atoms with Crippen LogP contribution < -0.4 is 0 Å². The molecule has 1 fully saturated rings. The van der Waals surface area contributed by atoms with Crippen molar-refractivity contribution in [3.63, 3.8) is 0 Å². The van der Waals surface area contributed by atoms with Gasteiger partial charge in [-0.15, -0.1) is 0 Å². The normalized spacial score (nSPS) is 17.6. The Bertz CT molecular complexity index is 854. The zero-order chi connectivity index (χ0) is 16.5. The Balaban J connectivity index is 1.50. The largest absolute Gasteiger partial charge is 0.467 e. The number of furan rings is 1. The first-order chi connectivity index (χ1) is 11.7. The van der Waals surface area contributed by atoms with Crippen LogP contribution in [0.15, 0.2) is 51.6 Å². The van der Waals surface area contributed by atoms with Crippen molar-refractivity contribution in [3.8, 4) is 11.5 Å². The second kappa shape index (κ2) is 5.96. The van der Waals surface area contributed by atoms with Gasteiger partial charge in [0, 0.05) is 24.4 Å². The van der Waals surface area contributed by atoms with Gasteiger partial charge in [-0.3, -0.25) is 4.79 Å². The summed E-state index contributed by atoms with van der Waals surface area (Å²) in [5.41, 5.74) is 2.03. The number of nitrogens with zero attached hydrogens (tertiary/aromatic N) is 3. The standard InChI is InChI=1S/C18H17N3O3/c1-12-4-2-5-13(8-12)18-19-17(20-24-18)14-9-16(22)21(10-14)11-15-6-3-7-23-15/h2-8,14H,9-11H2,1H3. The fourth-order valence-electron chi connectivity index (χ4n) is 2.98. The third-order valence-electron chi connectivity index (χ3n) is 4.21. The molecule has 3 heterocycles. The molecule has 0 spiro atoms. The Labute approximate surface area is 139 Å². The summed E-state index contributed by atoms with van der Waals surface area (Å²) in [5, 5.41) is 4.08. The zero-order valence-electron chi connectivity index (χ0n) is 13.3. The van der Waals surface area contributed by atoms with Crippen LogP contribution in [-0.2, 0) is 11.3 Å². The summed E-state index contributed by atoms with van der Waals surface area (Å²) in [6, 6.07) is 11.6. The second-order valence-electron chi connectivity index (χ2n) is 6.08. The molecule has 0 saturated carbocycles. The van der Waals surface area contributed by atoms with Gasteiger partial charge in [-0.05, 0) is 31.2 Å². The molecule has 0 N–H and O–H groups in total. The number of hydrogen-bond acceptors (Lipinski definition) is 5. The molecule has 4 rings (SSSR count). The van der Waals surface area contributed by atoms with Crippen molar-refractivity contribution in [2.24, 2.45) is 0 Å². The van der Waals surface area contributed by atoms with E-state index in [1.165, 1.54) is 0 Å². The van der Waals surface area contributed by atoms with E-state index in [0.717, 1.165) is 16.9 Å². The Kier molecular flexibility index (Phi) is 3.65. The third kappa shape index (κ3) is 2.82. The molecule has 1 atom stereocenters. The van der Waals surface area contributed by atoms with Crippen LogP contribution in [0.4, 0.5) is 0 Å². The number of amides is 1. The topological polar surface area (TPSA) is 72.4 Å². The fourth-order valence-corrected chi connectivity index (χ4v) is 2.98. The van der Waals surface area contributed by atoms with E-state index >= 15 is 0 Å². The third-order valence-corrected chi connectivity index (χ3v) is 4.21. The van der Waals surface area contributed by atoms with Gasteiger partial charge in [-0.2, -0.15) is 4.98 Å². The molecule has 3 aromatic rings. The summed E-state index contributed by atoms with van der Waals surface area (Å²) in [4.78, 5) is 18.5. The average Bonchev–Trinajstić information content (AvgIpc) is 3.30. The van der Waals surface area contributed by atoms with Crippen molar-refractivity contribution in [1.82, 2.24) is 15.0 Å². The summed E-state index contributed by atoms with van der Waals surface area (Å²) in [5.74, 6) is 1.89. The number of hydrogen-bond donors (Lipinski definition) is 0. The molecular weight excluding hydrogens is 306 g/mol. The summed E-state index contributed by atoms with van der Waals surface area (Å²) < 4.78 is 10.7. The van der Waals surface area contributed by atoms with E-state index in [9.17, 15) is 4.79 Å². The molecule has 0 aliphatic carbocycles. The Hall–Kier alpha value is -2.89. The molecule has 24 heavy (non-hydrogen) atoms. The highest BCUT2D eigenvalue weighted by molar-refractivity contribution is 5.79. The fraction of sp³-hybridized carbons (Fsp3) is 0.278. The van der Waals surface area contributed by atoms with E-state index in [-0.39, 0.29) is 11.8 Å².